The molecule has 0 spiro atoms. The van der Waals surface area contributed by atoms with E-state index in [1.807, 2.05) is 0 Å². The minimum absolute atomic E-state index is 0.0407. The van der Waals surface area contributed by atoms with Crippen molar-refractivity contribution in [3.8, 4) is 0 Å². The number of rotatable bonds is 22. The van der Waals surface area contributed by atoms with Crippen LogP contribution in [0.1, 0.15) is 110 Å². The standard InChI is InChI=1S/C48H70N2O28/c1-15-16-30(49-47(62)78-48(12,13)14)43(61)50-44-40(70-27(9)58)37(67-24(6)55)35(31(73-44)17-63-20(2)51)76-46-42(72-29(11)60)39(69-26(8)57)36(33(75-46)19-65-22(4)53)77-45-41(71-28(10)59)38(68-25(7)56)34(66-23(5)54)32(74-45)18-64-21(3)52/h30-42,44-46H,15-19H2,1-14H3,(H,49,62)(H,50,61). The molecule has 0 aliphatic carbocycles. The van der Waals surface area contributed by atoms with Gasteiger partial charge in [0.1, 0.15) is 62.0 Å². The zero-order valence-electron chi connectivity index (χ0n) is 45.7. The Morgan fingerprint density at radius 2 is 0.744 bits per heavy atom. The van der Waals surface area contributed by atoms with Gasteiger partial charge < -0.3 is 86.4 Å². The molecular weight excluding hydrogens is 1050 g/mol. The first-order chi connectivity index (χ1) is 36.3. The summed E-state index contributed by atoms with van der Waals surface area (Å²) in [6.45, 7) is 13.9. The van der Waals surface area contributed by atoms with E-state index in [9.17, 15) is 57.5 Å². The summed E-state index contributed by atoms with van der Waals surface area (Å²) in [5.41, 5.74) is -0.966. The first-order valence-electron chi connectivity index (χ1n) is 24.5. The lowest BCUT2D eigenvalue weighted by Gasteiger charge is -2.50. The quantitative estimate of drug-likeness (QED) is 0.106. The van der Waals surface area contributed by atoms with Gasteiger partial charge in [0.25, 0.3) is 0 Å². The molecule has 3 aliphatic heterocycles. The van der Waals surface area contributed by atoms with E-state index in [0.29, 0.717) is 6.42 Å². The second-order valence-corrected chi connectivity index (χ2v) is 18.8. The number of hydrogen-bond acceptors (Lipinski definition) is 28. The van der Waals surface area contributed by atoms with Gasteiger partial charge in [0.15, 0.2) is 61.5 Å². The zero-order chi connectivity index (χ0) is 58.9. The summed E-state index contributed by atoms with van der Waals surface area (Å²) in [4.78, 5) is 154. The van der Waals surface area contributed by atoms with Crippen molar-refractivity contribution < 1.29 is 133 Å². The van der Waals surface area contributed by atoms with Gasteiger partial charge >= 0.3 is 65.8 Å². The number of esters is 10. The Morgan fingerprint density at radius 1 is 0.423 bits per heavy atom. The van der Waals surface area contributed by atoms with E-state index in [4.69, 9.17) is 75.8 Å². The number of alkyl carbamates (subject to hydrolysis) is 1. The average molecular weight is 1120 g/mol. The average Bonchev–Trinajstić information content (AvgIpc) is 3.28. The first-order valence-corrected chi connectivity index (χ1v) is 24.5. The van der Waals surface area contributed by atoms with Crippen molar-refractivity contribution in [3.05, 3.63) is 0 Å². The molecule has 3 heterocycles. The molecule has 0 radical (unpaired) electrons. The molecule has 0 aromatic carbocycles. The van der Waals surface area contributed by atoms with E-state index in [0.717, 1.165) is 69.2 Å². The third-order valence-corrected chi connectivity index (χ3v) is 10.7. The molecule has 16 atom stereocenters. The molecule has 0 aromatic rings. The van der Waals surface area contributed by atoms with E-state index in [1.54, 1.807) is 27.7 Å². The van der Waals surface area contributed by atoms with Crippen LogP contribution >= 0.6 is 0 Å². The maximum absolute atomic E-state index is 14.0. The van der Waals surface area contributed by atoms with E-state index in [1.165, 1.54) is 0 Å². The second kappa shape index (κ2) is 29.8. The van der Waals surface area contributed by atoms with Crippen LogP contribution in [0.2, 0.25) is 0 Å². The lowest BCUT2D eigenvalue weighted by Crippen LogP contribution is -2.70. The van der Waals surface area contributed by atoms with Gasteiger partial charge in [0.2, 0.25) is 5.91 Å². The molecule has 78 heavy (non-hydrogen) atoms. The molecule has 440 valence electrons. The number of hydrogen-bond donors (Lipinski definition) is 2. The van der Waals surface area contributed by atoms with Crippen molar-refractivity contribution in [1.29, 1.82) is 0 Å². The number of nitrogens with one attached hydrogen (secondary N) is 2. The van der Waals surface area contributed by atoms with Gasteiger partial charge in [0.05, 0.1) is 0 Å². The van der Waals surface area contributed by atoms with Crippen LogP contribution < -0.4 is 10.6 Å². The summed E-state index contributed by atoms with van der Waals surface area (Å²) in [5.74, 6) is -10.9. The highest BCUT2D eigenvalue weighted by Crippen LogP contribution is 2.38. The predicted molar refractivity (Wildman–Crippen MR) is 251 cm³/mol. The summed E-state index contributed by atoms with van der Waals surface area (Å²) in [5, 5.41) is 5.00. The van der Waals surface area contributed by atoms with E-state index in [-0.39, 0.29) is 6.42 Å². The molecule has 2 N–H and O–H groups in total. The van der Waals surface area contributed by atoms with Crippen LogP contribution in [-0.4, -0.2) is 195 Å². The minimum Gasteiger partial charge on any atom is -0.463 e. The number of amides is 2. The van der Waals surface area contributed by atoms with Crippen LogP contribution in [0.3, 0.4) is 0 Å². The largest absolute Gasteiger partial charge is 0.463 e. The molecule has 30 nitrogen and oxygen atoms in total. The number of ether oxygens (including phenoxy) is 16. The third-order valence-electron chi connectivity index (χ3n) is 10.7. The van der Waals surface area contributed by atoms with Crippen LogP contribution in [0.4, 0.5) is 4.79 Å². The summed E-state index contributed by atoms with van der Waals surface area (Å²) in [6.07, 6.45) is -28.5. The van der Waals surface area contributed by atoms with E-state index in [2.05, 4.69) is 10.6 Å². The Morgan fingerprint density at radius 3 is 1.10 bits per heavy atom. The molecule has 3 rings (SSSR count). The monoisotopic (exact) mass is 1120 g/mol. The van der Waals surface area contributed by atoms with E-state index >= 15 is 0 Å². The molecule has 30 heteroatoms. The highest BCUT2D eigenvalue weighted by molar-refractivity contribution is 5.86. The highest BCUT2D eigenvalue weighted by Gasteiger charge is 2.60. The molecule has 2 amide bonds. The number of carbonyl (C=O) groups excluding carboxylic acids is 12. The molecule has 0 bridgehead atoms. The fourth-order valence-corrected chi connectivity index (χ4v) is 8.16. The van der Waals surface area contributed by atoms with Gasteiger partial charge in [-0.3, -0.25) is 52.7 Å². The molecule has 0 saturated carbocycles. The maximum atomic E-state index is 14.0. The zero-order valence-corrected chi connectivity index (χ0v) is 45.7. The lowest BCUT2D eigenvalue weighted by molar-refractivity contribution is -0.374. The van der Waals surface area contributed by atoms with Gasteiger partial charge in [-0.1, -0.05) is 13.3 Å². The highest BCUT2D eigenvalue weighted by atomic mass is 16.8. The molecular formula is C48H70N2O28. The van der Waals surface area contributed by atoms with Gasteiger partial charge in [-0.2, -0.15) is 0 Å². The van der Waals surface area contributed by atoms with Crippen LogP contribution in [0.25, 0.3) is 0 Å². The molecule has 3 fully saturated rings. The molecule has 3 aliphatic rings. The molecule has 16 unspecified atom stereocenters. The van der Waals surface area contributed by atoms with Crippen molar-refractivity contribution in [1.82, 2.24) is 10.6 Å². The first kappa shape index (κ1) is 65.5. The van der Waals surface area contributed by atoms with Crippen LogP contribution in [0, 0.1) is 0 Å². The topological polar surface area (TPSA) is 377 Å². The van der Waals surface area contributed by atoms with Gasteiger partial charge in [-0.05, 0) is 27.2 Å². The Hall–Kier alpha value is -6.76. The summed E-state index contributed by atoms with van der Waals surface area (Å²) in [7, 11) is 0. The second-order valence-electron chi connectivity index (χ2n) is 18.8. The Kier molecular flexibility index (Phi) is 25.1. The SMILES string of the molecule is CCCC(NC(=O)OC(C)(C)C)C(=O)NC1OC(COC(C)=O)C(OC2OC(COC(C)=O)C(OC3OC(COC(C)=O)C(OC(C)=O)C(OC(C)=O)C3OC(C)=O)C(OC(C)=O)C2OC(C)=O)C(OC(C)=O)C1OC(C)=O. The molecule has 0 aromatic heterocycles. The van der Waals surface area contributed by atoms with Crippen molar-refractivity contribution >= 4 is 71.7 Å². The summed E-state index contributed by atoms with van der Waals surface area (Å²) in [6, 6.07) is -1.30. The lowest BCUT2D eigenvalue weighted by atomic mass is 9.94. The summed E-state index contributed by atoms with van der Waals surface area (Å²) >= 11 is 0. The van der Waals surface area contributed by atoms with Gasteiger partial charge in [-0.15, -0.1) is 0 Å². The summed E-state index contributed by atoms with van der Waals surface area (Å²) < 4.78 is 92.1. The van der Waals surface area contributed by atoms with Crippen molar-refractivity contribution in [3.63, 3.8) is 0 Å². The van der Waals surface area contributed by atoms with Crippen LogP contribution in [0.5, 0.6) is 0 Å². The maximum Gasteiger partial charge on any atom is 0.408 e. The Bertz CT molecular complexity index is 2180. The normalized spacial score (nSPS) is 29.0. The van der Waals surface area contributed by atoms with Crippen LogP contribution in [0.15, 0.2) is 0 Å². The predicted octanol–water partition coefficient (Wildman–Crippen LogP) is -0.0477. The number of carbonyl (C=O) groups is 12. The van der Waals surface area contributed by atoms with Crippen molar-refractivity contribution in [2.45, 2.75) is 213 Å². The van der Waals surface area contributed by atoms with Crippen molar-refractivity contribution in [2.75, 3.05) is 19.8 Å². The van der Waals surface area contributed by atoms with Gasteiger partial charge in [0, 0.05) is 69.2 Å². The van der Waals surface area contributed by atoms with E-state index < -0.39 is 195 Å². The Balaban J connectivity index is 2.31. The third kappa shape index (κ3) is 20.9. The van der Waals surface area contributed by atoms with Crippen LogP contribution in [-0.2, 0) is 129 Å². The van der Waals surface area contributed by atoms with Gasteiger partial charge in [-0.25, -0.2) is 4.79 Å². The fourth-order valence-electron chi connectivity index (χ4n) is 8.16. The fraction of sp³-hybridized carbons (Fsp3) is 0.750. The smallest absolute Gasteiger partial charge is 0.408 e. The molecule has 3 saturated heterocycles. The van der Waals surface area contributed by atoms with Crippen molar-refractivity contribution in [2.24, 2.45) is 0 Å². The minimum atomic E-state index is -2.11. The Labute approximate surface area is 448 Å².